The van der Waals surface area contributed by atoms with Crippen molar-refractivity contribution in [1.29, 1.82) is 0 Å². The van der Waals surface area contributed by atoms with E-state index >= 15 is 0 Å². The summed E-state index contributed by atoms with van der Waals surface area (Å²) < 4.78 is 22.8. The highest BCUT2D eigenvalue weighted by atomic mass is 32.2. The van der Waals surface area contributed by atoms with E-state index in [9.17, 15) is 23.1 Å². The standard InChI is InChI=1S/C18H18N2O5S/c21-16(19-13-4-7-26(24,25)10-13)14-8-11-2-3-12(18(23)5-1-6-18)9-15(11)20-17(14)22/h2-4,7-9,13,23H,1,5-6,10H2,(H,19,21)(H,20,22)/t13-/m1/s1. The van der Waals surface area contributed by atoms with Crippen LogP contribution in [-0.4, -0.2) is 36.2 Å². The molecule has 0 spiro atoms. The zero-order valence-corrected chi connectivity index (χ0v) is 14.7. The van der Waals surface area contributed by atoms with Crippen molar-refractivity contribution >= 4 is 26.6 Å². The van der Waals surface area contributed by atoms with E-state index in [-0.39, 0.29) is 11.3 Å². The first-order chi connectivity index (χ1) is 12.3. The molecule has 1 aliphatic carbocycles. The minimum absolute atomic E-state index is 0.0784. The second-order valence-electron chi connectivity index (χ2n) is 6.94. The Labute approximate surface area is 149 Å². The zero-order chi connectivity index (χ0) is 18.5. The number of nitrogens with one attached hydrogen (secondary N) is 2. The number of hydrogen-bond acceptors (Lipinski definition) is 5. The van der Waals surface area contributed by atoms with Gasteiger partial charge in [0.15, 0.2) is 9.84 Å². The number of aromatic amines is 1. The molecule has 3 N–H and O–H groups in total. The predicted molar refractivity (Wildman–Crippen MR) is 96.5 cm³/mol. The number of rotatable bonds is 3. The minimum Gasteiger partial charge on any atom is -0.385 e. The van der Waals surface area contributed by atoms with Crippen LogP contribution in [0.2, 0.25) is 0 Å². The van der Waals surface area contributed by atoms with Gasteiger partial charge in [-0.05, 0) is 48.4 Å². The summed E-state index contributed by atoms with van der Waals surface area (Å²) in [5.74, 6) is -0.826. The van der Waals surface area contributed by atoms with Crippen LogP contribution in [0, 0.1) is 0 Å². The smallest absolute Gasteiger partial charge is 0.261 e. The first-order valence-corrected chi connectivity index (χ1v) is 10.1. The monoisotopic (exact) mass is 374 g/mol. The molecule has 1 aromatic heterocycles. The summed E-state index contributed by atoms with van der Waals surface area (Å²) in [6.45, 7) is 0. The van der Waals surface area contributed by atoms with E-state index in [1.165, 1.54) is 12.1 Å². The minimum atomic E-state index is -3.29. The number of aliphatic hydroxyl groups is 1. The quantitative estimate of drug-likeness (QED) is 0.739. The third-order valence-corrected chi connectivity index (χ3v) is 6.45. The number of pyridine rings is 1. The summed E-state index contributed by atoms with van der Waals surface area (Å²) in [5.41, 5.74) is -0.164. The second-order valence-corrected chi connectivity index (χ2v) is 8.87. The highest BCUT2D eigenvalue weighted by Gasteiger charge is 2.36. The molecule has 1 fully saturated rings. The van der Waals surface area contributed by atoms with Crippen LogP contribution in [0.3, 0.4) is 0 Å². The maximum atomic E-state index is 12.4. The van der Waals surface area contributed by atoms with Crippen LogP contribution in [0.4, 0.5) is 0 Å². The lowest BCUT2D eigenvalue weighted by Crippen LogP contribution is -2.38. The summed E-state index contributed by atoms with van der Waals surface area (Å²) in [7, 11) is -3.29. The number of sulfone groups is 1. The Hall–Kier alpha value is -2.45. The van der Waals surface area contributed by atoms with E-state index in [1.807, 2.05) is 0 Å². The maximum absolute atomic E-state index is 12.4. The zero-order valence-electron chi connectivity index (χ0n) is 13.9. The molecule has 1 saturated carbocycles. The van der Waals surface area contributed by atoms with Crippen LogP contribution >= 0.6 is 0 Å². The van der Waals surface area contributed by atoms with Crippen LogP contribution in [-0.2, 0) is 15.4 Å². The maximum Gasteiger partial charge on any atom is 0.261 e. The number of fused-ring (bicyclic) bond motifs is 1. The molecule has 0 saturated heterocycles. The molecular weight excluding hydrogens is 356 g/mol. The number of hydrogen-bond donors (Lipinski definition) is 3. The lowest BCUT2D eigenvalue weighted by atomic mass is 9.75. The predicted octanol–water partition coefficient (Wildman–Crippen LogP) is 0.940. The van der Waals surface area contributed by atoms with Gasteiger partial charge in [0, 0.05) is 10.9 Å². The highest BCUT2D eigenvalue weighted by molar-refractivity contribution is 7.94. The normalized spacial score (nSPS) is 22.9. The molecule has 0 bridgehead atoms. The number of amides is 1. The van der Waals surface area contributed by atoms with Crippen molar-refractivity contribution in [3.63, 3.8) is 0 Å². The summed E-state index contributed by atoms with van der Waals surface area (Å²) in [5, 5.41) is 14.7. The van der Waals surface area contributed by atoms with E-state index in [1.54, 1.807) is 18.2 Å². The molecule has 0 unspecified atom stereocenters. The Bertz CT molecular complexity index is 1100. The van der Waals surface area contributed by atoms with E-state index < -0.39 is 32.9 Å². The number of carbonyl (C=O) groups is 1. The van der Waals surface area contributed by atoms with Gasteiger partial charge in [0.25, 0.3) is 11.5 Å². The number of aromatic nitrogens is 1. The first-order valence-electron chi connectivity index (χ1n) is 8.38. The van der Waals surface area contributed by atoms with E-state index in [2.05, 4.69) is 10.3 Å². The average Bonchev–Trinajstić information content (AvgIpc) is 2.89. The number of carbonyl (C=O) groups excluding carboxylic acids is 1. The summed E-state index contributed by atoms with van der Waals surface area (Å²) >= 11 is 0. The number of H-pyrrole nitrogens is 1. The van der Waals surface area contributed by atoms with Gasteiger partial charge in [-0.3, -0.25) is 9.59 Å². The Morgan fingerprint density at radius 2 is 2.04 bits per heavy atom. The molecule has 136 valence electrons. The third-order valence-electron chi connectivity index (χ3n) is 5.06. The molecule has 1 aromatic carbocycles. The van der Waals surface area contributed by atoms with Gasteiger partial charge in [0.05, 0.1) is 17.4 Å². The Balaban J connectivity index is 1.63. The molecule has 2 aliphatic rings. The van der Waals surface area contributed by atoms with Crippen molar-refractivity contribution in [2.24, 2.45) is 0 Å². The van der Waals surface area contributed by atoms with Crippen molar-refractivity contribution in [3.05, 3.63) is 57.2 Å². The molecule has 26 heavy (non-hydrogen) atoms. The fourth-order valence-corrected chi connectivity index (χ4v) is 4.61. The van der Waals surface area contributed by atoms with Crippen molar-refractivity contribution < 1.29 is 18.3 Å². The van der Waals surface area contributed by atoms with Gasteiger partial charge in [0.1, 0.15) is 5.56 Å². The molecule has 2 aromatic rings. The van der Waals surface area contributed by atoms with Crippen molar-refractivity contribution in [3.8, 4) is 0 Å². The highest BCUT2D eigenvalue weighted by Crippen LogP contribution is 2.41. The van der Waals surface area contributed by atoms with Gasteiger partial charge in [0.2, 0.25) is 0 Å². The van der Waals surface area contributed by atoms with Gasteiger partial charge in [-0.15, -0.1) is 0 Å². The lowest BCUT2D eigenvalue weighted by Gasteiger charge is -2.37. The Kier molecular flexibility index (Phi) is 3.78. The lowest BCUT2D eigenvalue weighted by molar-refractivity contribution is -0.0386. The average molecular weight is 374 g/mol. The molecule has 1 aliphatic heterocycles. The second kappa shape index (κ2) is 5.78. The molecule has 7 nitrogen and oxygen atoms in total. The van der Waals surface area contributed by atoms with Crippen molar-refractivity contribution in [2.45, 2.75) is 30.9 Å². The summed E-state index contributed by atoms with van der Waals surface area (Å²) in [6, 6.07) is 6.13. The molecule has 2 heterocycles. The van der Waals surface area contributed by atoms with Crippen LogP contribution < -0.4 is 10.9 Å². The van der Waals surface area contributed by atoms with Gasteiger partial charge in [-0.1, -0.05) is 12.1 Å². The van der Waals surface area contributed by atoms with Crippen molar-refractivity contribution in [1.82, 2.24) is 10.3 Å². The molecule has 1 atom stereocenters. The Morgan fingerprint density at radius 1 is 1.27 bits per heavy atom. The molecule has 8 heteroatoms. The van der Waals surface area contributed by atoms with Crippen LogP contribution in [0.1, 0.15) is 35.2 Å². The molecular formula is C18H18N2O5S. The van der Waals surface area contributed by atoms with Gasteiger partial charge < -0.3 is 15.4 Å². The largest absolute Gasteiger partial charge is 0.385 e. The van der Waals surface area contributed by atoms with E-state index in [0.29, 0.717) is 23.7 Å². The fraction of sp³-hybridized carbons (Fsp3) is 0.333. The molecule has 1 amide bonds. The number of benzene rings is 1. The summed E-state index contributed by atoms with van der Waals surface area (Å²) in [6.07, 6.45) is 3.76. The molecule has 4 rings (SSSR count). The summed E-state index contributed by atoms with van der Waals surface area (Å²) in [4.78, 5) is 27.3. The SMILES string of the molecule is O=C(N[C@@H]1C=CS(=O)(=O)C1)c1cc2ccc(C3(O)CCC3)cc2[nH]c1=O. The van der Waals surface area contributed by atoms with E-state index in [4.69, 9.17) is 0 Å². The van der Waals surface area contributed by atoms with Crippen LogP contribution in [0.25, 0.3) is 10.9 Å². The van der Waals surface area contributed by atoms with Gasteiger partial charge >= 0.3 is 0 Å². The molecule has 0 radical (unpaired) electrons. The third kappa shape index (κ3) is 2.95. The van der Waals surface area contributed by atoms with Crippen LogP contribution in [0.15, 0.2) is 40.5 Å². The topological polar surface area (TPSA) is 116 Å². The van der Waals surface area contributed by atoms with Gasteiger partial charge in [-0.2, -0.15) is 0 Å². The van der Waals surface area contributed by atoms with Gasteiger partial charge in [-0.25, -0.2) is 8.42 Å². The van der Waals surface area contributed by atoms with Crippen LogP contribution in [0.5, 0.6) is 0 Å². The van der Waals surface area contributed by atoms with E-state index in [0.717, 1.165) is 17.4 Å². The van der Waals surface area contributed by atoms with Crippen molar-refractivity contribution in [2.75, 3.05) is 5.75 Å². The fourth-order valence-electron chi connectivity index (χ4n) is 3.37. The first kappa shape index (κ1) is 17.0. The Morgan fingerprint density at radius 3 is 2.65 bits per heavy atom.